The van der Waals surface area contributed by atoms with Crippen LogP contribution in [0.4, 0.5) is 0 Å². The number of ketones is 1. The van der Waals surface area contributed by atoms with Crippen molar-refractivity contribution in [2.75, 3.05) is 0 Å². The van der Waals surface area contributed by atoms with Gasteiger partial charge in [-0.25, -0.2) is 4.79 Å². The Balaban J connectivity index is 3.08. The summed E-state index contributed by atoms with van der Waals surface area (Å²) in [6.07, 6.45) is -1.65. The Morgan fingerprint density at radius 1 is 1.38 bits per heavy atom. The number of hydrogen-bond acceptors (Lipinski definition) is 4. The van der Waals surface area contributed by atoms with Crippen LogP contribution < -0.4 is 0 Å². The highest BCUT2D eigenvalue weighted by molar-refractivity contribution is 5.79. The van der Waals surface area contributed by atoms with Crippen LogP contribution in [0.3, 0.4) is 0 Å². The van der Waals surface area contributed by atoms with Crippen molar-refractivity contribution in [3.05, 3.63) is 29.3 Å². The third kappa shape index (κ3) is 2.80. The molecule has 1 rings (SSSR count). The van der Waals surface area contributed by atoms with E-state index in [4.69, 9.17) is 5.11 Å². The number of rotatable bonds is 4. The van der Waals surface area contributed by atoms with Gasteiger partial charge in [-0.3, -0.25) is 4.79 Å². The molecule has 0 fully saturated rings. The molecule has 1 aromatic carbocycles. The maximum absolute atomic E-state index is 10.9. The average Bonchev–Trinajstić information content (AvgIpc) is 2.19. The number of aliphatic hydroxyl groups is 1. The summed E-state index contributed by atoms with van der Waals surface area (Å²) in [4.78, 5) is 21.4. The molecule has 5 heteroatoms. The lowest BCUT2D eigenvalue weighted by Crippen LogP contribution is -2.11. The van der Waals surface area contributed by atoms with E-state index in [0.717, 1.165) is 0 Å². The summed E-state index contributed by atoms with van der Waals surface area (Å²) in [6, 6.07) is 4.09. The molecule has 0 aliphatic heterocycles. The van der Waals surface area contributed by atoms with E-state index >= 15 is 0 Å². The summed E-state index contributed by atoms with van der Waals surface area (Å²) in [7, 11) is 0. The summed E-state index contributed by atoms with van der Waals surface area (Å²) in [5.74, 6) is -1.83. The Morgan fingerprint density at radius 2 is 2.00 bits per heavy atom. The van der Waals surface area contributed by atoms with Crippen molar-refractivity contribution in [2.45, 2.75) is 19.4 Å². The molecular formula is C11H12O5. The van der Waals surface area contributed by atoms with Crippen molar-refractivity contribution in [1.29, 1.82) is 0 Å². The van der Waals surface area contributed by atoms with Crippen molar-refractivity contribution in [1.82, 2.24) is 0 Å². The number of Topliss-reactive ketones (excluding diaryl/α,β-unsaturated/α-hetero) is 1. The van der Waals surface area contributed by atoms with Crippen LogP contribution in [-0.4, -0.2) is 27.1 Å². The summed E-state index contributed by atoms with van der Waals surface area (Å²) < 4.78 is 0. The number of carboxylic acid groups (broad SMARTS) is 1. The van der Waals surface area contributed by atoms with Gasteiger partial charge in [0.05, 0.1) is 0 Å². The minimum atomic E-state index is -1.79. The predicted octanol–water partition coefficient (Wildman–Crippen LogP) is 0.642. The zero-order valence-corrected chi connectivity index (χ0v) is 8.67. The second-order valence-electron chi connectivity index (χ2n) is 3.51. The van der Waals surface area contributed by atoms with Crippen molar-refractivity contribution in [3.63, 3.8) is 0 Å². The van der Waals surface area contributed by atoms with E-state index in [1.54, 1.807) is 0 Å². The number of carbonyl (C=O) groups is 2. The molecule has 0 aromatic heterocycles. The molecule has 1 aromatic rings. The number of phenolic OH excluding ortho intramolecular Hbond substituents is 1. The summed E-state index contributed by atoms with van der Waals surface area (Å²) >= 11 is 0. The van der Waals surface area contributed by atoms with E-state index in [2.05, 4.69) is 0 Å². The molecule has 0 radical (unpaired) electrons. The van der Waals surface area contributed by atoms with Crippen molar-refractivity contribution in [2.24, 2.45) is 0 Å². The second kappa shape index (κ2) is 4.76. The van der Waals surface area contributed by atoms with Crippen molar-refractivity contribution in [3.8, 4) is 5.75 Å². The molecule has 3 N–H and O–H groups in total. The van der Waals surface area contributed by atoms with Gasteiger partial charge in [-0.05, 0) is 24.6 Å². The normalized spacial score (nSPS) is 12.1. The van der Waals surface area contributed by atoms with Crippen LogP contribution in [0, 0.1) is 0 Å². The minimum Gasteiger partial charge on any atom is -0.508 e. The van der Waals surface area contributed by atoms with Crippen LogP contribution in [0.2, 0.25) is 0 Å². The number of aromatic hydroxyl groups is 1. The first kappa shape index (κ1) is 12.2. The topological polar surface area (TPSA) is 94.8 Å². The van der Waals surface area contributed by atoms with Gasteiger partial charge in [-0.2, -0.15) is 0 Å². The minimum absolute atomic E-state index is 0.0820. The van der Waals surface area contributed by atoms with Gasteiger partial charge < -0.3 is 15.3 Å². The number of aliphatic hydroxyl groups excluding tert-OH is 1. The van der Waals surface area contributed by atoms with E-state index < -0.39 is 12.1 Å². The number of carbonyl (C=O) groups excluding carboxylic acids is 1. The van der Waals surface area contributed by atoms with Gasteiger partial charge in [0.15, 0.2) is 6.10 Å². The molecule has 0 saturated heterocycles. The number of carboxylic acids is 1. The van der Waals surface area contributed by atoms with E-state index in [9.17, 15) is 19.8 Å². The first-order valence-corrected chi connectivity index (χ1v) is 4.64. The molecule has 0 heterocycles. The van der Waals surface area contributed by atoms with E-state index in [0.29, 0.717) is 5.56 Å². The van der Waals surface area contributed by atoms with Gasteiger partial charge >= 0.3 is 5.97 Å². The Kier molecular flexibility index (Phi) is 3.63. The van der Waals surface area contributed by atoms with E-state index in [-0.39, 0.29) is 23.5 Å². The number of phenols is 1. The van der Waals surface area contributed by atoms with Gasteiger partial charge in [0.25, 0.3) is 0 Å². The van der Waals surface area contributed by atoms with E-state index in [1.807, 2.05) is 0 Å². The fourth-order valence-electron chi connectivity index (χ4n) is 1.35. The standard InChI is InChI=1S/C11H12O5/c1-6(12)4-7-2-3-9(13)8(5-7)10(14)11(15)16/h2-3,5,10,13-14H,4H2,1H3,(H,15,16). The Hall–Kier alpha value is -1.88. The highest BCUT2D eigenvalue weighted by atomic mass is 16.4. The first-order valence-electron chi connectivity index (χ1n) is 4.64. The third-order valence-corrected chi connectivity index (χ3v) is 2.07. The molecule has 0 aliphatic carbocycles. The summed E-state index contributed by atoms with van der Waals surface area (Å²) in [5.41, 5.74) is 0.451. The largest absolute Gasteiger partial charge is 0.508 e. The number of benzene rings is 1. The molecule has 1 unspecified atom stereocenters. The summed E-state index contributed by atoms with van der Waals surface area (Å²) in [5, 5.41) is 27.3. The predicted molar refractivity (Wildman–Crippen MR) is 55.1 cm³/mol. The van der Waals surface area contributed by atoms with Gasteiger partial charge in [0.1, 0.15) is 11.5 Å². The van der Waals surface area contributed by atoms with Crippen LogP contribution in [0.1, 0.15) is 24.2 Å². The van der Waals surface area contributed by atoms with Crippen LogP contribution in [0.25, 0.3) is 0 Å². The monoisotopic (exact) mass is 224 g/mol. The molecule has 16 heavy (non-hydrogen) atoms. The highest BCUT2D eigenvalue weighted by Crippen LogP contribution is 2.25. The molecule has 0 aliphatic rings. The fourth-order valence-corrected chi connectivity index (χ4v) is 1.35. The second-order valence-corrected chi connectivity index (χ2v) is 3.51. The van der Waals surface area contributed by atoms with Gasteiger partial charge in [0.2, 0.25) is 0 Å². The van der Waals surface area contributed by atoms with Gasteiger partial charge in [-0.15, -0.1) is 0 Å². The SMILES string of the molecule is CC(=O)Cc1ccc(O)c(C(O)C(=O)O)c1. The fraction of sp³-hybridized carbons (Fsp3) is 0.273. The highest BCUT2D eigenvalue weighted by Gasteiger charge is 2.20. The zero-order valence-electron chi connectivity index (χ0n) is 8.67. The van der Waals surface area contributed by atoms with Gasteiger partial charge in [-0.1, -0.05) is 6.07 Å². The van der Waals surface area contributed by atoms with E-state index in [1.165, 1.54) is 25.1 Å². The maximum atomic E-state index is 10.9. The molecular weight excluding hydrogens is 212 g/mol. The average molecular weight is 224 g/mol. The number of aliphatic carboxylic acids is 1. The quantitative estimate of drug-likeness (QED) is 0.697. The molecule has 0 amide bonds. The molecule has 0 spiro atoms. The Morgan fingerprint density at radius 3 is 2.50 bits per heavy atom. The Labute approximate surface area is 92.0 Å². The zero-order chi connectivity index (χ0) is 12.3. The maximum Gasteiger partial charge on any atom is 0.337 e. The lowest BCUT2D eigenvalue weighted by molar-refractivity contribution is -0.147. The van der Waals surface area contributed by atoms with Crippen molar-refractivity contribution >= 4 is 11.8 Å². The Bertz CT molecular complexity index is 424. The molecule has 86 valence electrons. The number of hydrogen-bond donors (Lipinski definition) is 3. The van der Waals surface area contributed by atoms with Crippen molar-refractivity contribution < 1.29 is 24.9 Å². The lowest BCUT2D eigenvalue weighted by Gasteiger charge is -2.09. The van der Waals surface area contributed by atoms with Gasteiger partial charge in [0, 0.05) is 12.0 Å². The summed E-state index contributed by atoms with van der Waals surface area (Å²) in [6.45, 7) is 1.40. The van der Waals surface area contributed by atoms with Crippen LogP contribution >= 0.6 is 0 Å². The van der Waals surface area contributed by atoms with Crippen LogP contribution in [-0.2, 0) is 16.0 Å². The molecule has 0 saturated carbocycles. The first-order chi connectivity index (χ1) is 7.41. The van der Waals surface area contributed by atoms with Crippen LogP contribution in [0.5, 0.6) is 5.75 Å². The molecule has 5 nitrogen and oxygen atoms in total. The third-order valence-electron chi connectivity index (χ3n) is 2.07. The van der Waals surface area contributed by atoms with Crippen LogP contribution in [0.15, 0.2) is 18.2 Å². The molecule has 1 atom stereocenters. The lowest BCUT2D eigenvalue weighted by atomic mass is 10.0. The smallest absolute Gasteiger partial charge is 0.337 e. The molecule has 0 bridgehead atoms.